The fraction of sp³-hybridized carbons (Fsp3) is 0.438. The van der Waals surface area contributed by atoms with Crippen LogP contribution >= 0.6 is 0 Å². The van der Waals surface area contributed by atoms with E-state index in [1.165, 1.54) is 0 Å². The molecule has 3 N–H and O–H groups in total. The Morgan fingerprint density at radius 3 is 2.52 bits per heavy atom. The van der Waals surface area contributed by atoms with Crippen LogP contribution in [0.1, 0.15) is 31.7 Å². The molecule has 0 saturated carbocycles. The molecule has 1 heterocycles. The van der Waals surface area contributed by atoms with Gasteiger partial charge in [0, 0.05) is 0 Å². The second-order valence-corrected chi connectivity index (χ2v) is 5.67. The Labute approximate surface area is 134 Å². The summed E-state index contributed by atoms with van der Waals surface area (Å²) in [6.45, 7) is 1.96. The Morgan fingerprint density at radius 2 is 2.00 bits per heavy atom. The van der Waals surface area contributed by atoms with Crippen molar-refractivity contribution < 1.29 is 19.6 Å². The number of rotatable bonds is 8. The molecule has 124 valence electrons. The molecule has 1 aliphatic heterocycles. The molecule has 2 atom stereocenters. The first-order valence-corrected chi connectivity index (χ1v) is 7.63. The van der Waals surface area contributed by atoms with Gasteiger partial charge in [0.25, 0.3) is 5.91 Å². The Balaban J connectivity index is 2.38. The van der Waals surface area contributed by atoms with Crippen molar-refractivity contribution in [1.82, 2.24) is 15.7 Å². The Morgan fingerprint density at radius 1 is 1.30 bits per heavy atom. The highest BCUT2D eigenvalue weighted by Gasteiger charge is 2.53. The lowest BCUT2D eigenvalue weighted by Gasteiger charge is -2.37. The molecule has 1 aromatic rings. The van der Waals surface area contributed by atoms with Gasteiger partial charge < -0.3 is 5.32 Å². The van der Waals surface area contributed by atoms with Crippen LogP contribution in [0.25, 0.3) is 0 Å². The van der Waals surface area contributed by atoms with Crippen LogP contribution in [0, 0.1) is 0 Å². The summed E-state index contributed by atoms with van der Waals surface area (Å²) in [4.78, 5) is 35.2. The Kier molecular flexibility index (Phi) is 5.33. The number of hydrogen-bond donors (Lipinski definition) is 3. The lowest BCUT2D eigenvalue weighted by atomic mass is 9.81. The molecule has 1 saturated heterocycles. The number of hydrogen-bond acceptors (Lipinski definition) is 4. The zero-order valence-corrected chi connectivity index (χ0v) is 13.0. The van der Waals surface area contributed by atoms with Gasteiger partial charge in [0.1, 0.15) is 5.54 Å². The van der Waals surface area contributed by atoms with E-state index >= 15 is 0 Å². The first-order valence-electron chi connectivity index (χ1n) is 7.63. The minimum Gasteiger partial charge on any atom is -0.321 e. The summed E-state index contributed by atoms with van der Waals surface area (Å²) in [6.07, 6.45) is 2.33. The number of unbranched alkanes of at least 4 members (excludes halogenated alkanes) is 1. The lowest BCUT2D eigenvalue weighted by Crippen LogP contribution is -2.62. The van der Waals surface area contributed by atoms with Gasteiger partial charge in [-0.2, -0.15) is 0 Å². The normalized spacial score (nSPS) is 21.5. The summed E-state index contributed by atoms with van der Waals surface area (Å²) in [6, 6.07) is 7.71. The smallest absolute Gasteiger partial charge is 0.321 e. The van der Waals surface area contributed by atoms with Crippen molar-refractivity contribution in [1.29, 1.82) is 0 Å². The van der Waals surface area contributed by atoms with Gasteiger partial charge in [0.15, 0.2) is 0 Å². The molecule has 2 rings (SSSR count). The maximum atomic E-state index is 12.4. The summed E-state index contributed by atoms with van der Waals surface area (Å²) in [5, 5.41) is 15.4. The van der Waals surface area contributed by atoms with Crippen LogP contribution in [0.5, 0.6) is 0 Å². The molecule has 7 nitrogen and oxygen atoms in total. The zero-order chi connectivity index (χ0) is 16.9. The average molecular weight is 319 g/mol. The van der Waals surface area contributed by atoms with Crippen LogP contribution in [0.15, 0.2) is 30.3 Å². The number of benzene rings is 1. The number of nitrogens with zero attached hydrogens (tertiary/aromatic N) is 1. The van der Waals surface area contributed by atoms with E-state index in [2.05, 4.69) is 10.6 Å². The van der Waals surface area contributed by atoms with E-state index in [4.69, 9.17) is 0 Å². The second kappa shape index (κ2) is 7.23. The molecule has 1 aromatic carbocycles. The number of carbonyl (C=O) groups is 3. The van der Waals surface area contributed by atoms with Crippen molar-refractivity contribution in [3.8, 4) is 0 Å². The van der Waals surface area contributed by atoms with Gasteiger partial charge in [-0.3, -0.25) is 20.1 Å². The predicted molar refractivity (Wildman–Crippen MR) is 82.6 cm³/mol. The van der Waals surface area contributed by atoms with Crippen molar-refractivity contribution in [3.63, 3.8) is 0 Å². The summed E-state index contributed by atoms with van der Waals surface area (Å²) in [5.41, 5.74) is -0.485. The largest absolute Gasteiger partial charge is 0.322 e. The molecule has 0 bridgehead atoms. The van der Waals surface area contributed by atoms with E-state index in [9.17, 15) is 19.6 Å². The van der Waals surface area contributed by atoms with Gasteiger partial charge in [-0.1, -0.05) is 50.1 Å². The fourth-order valence-corrected chi connectivity index (χ4v) is 2.94. The first-order chi connectivity index (χ1) is 11.0. The van der Waals surface area contributed by atoms with Crippen molar-refractivity contribution >= 4 is 18.3 Å². The van der Waals surface area contributed by atoms with Crippen LogP contribution in [0.2, 0.25) is 0 Å². The molecule has 2 unspecified atom stereocenters. The van der Waals surface area contributed by atoms with E-state index in [0.717, 1.165) is 12.0 Å². The van der Waals surface area contributed by atoms with E-state index in [1.807, 2.05) is 37.3 Å². The Bertz CT molecular complexity index is 578. The second-order valence-electron chi connectivity index (χ2n) is 5.67. The number of amides is 4. The molecular weight excluding hydrogens is 298 g/mol. The average Bonchev–Trinajstić information content (AvgIpc) is 2.85. The van der Waals surface area contributed by atoms with Gasteiger partial charge in [0.2, 0.25) is 6.41 Å². The third kappa shape index (κ3) is 3.50. The van der Waals surface area contributed by atoms with Crippen molar-refractivity contribution in [2.24, 2.45) is 0 Å². The van der Waals surface area contributed by atoms with Gasteiger partial charge in [-0.05, 0) is 18.4 Å². The minimum atomic E-state index is -1.33. The van der Waals surface area contributed by atoms with Crippen molar-refractivity contribution in [3.05, 3.63) is 35.9 Å². The number of hydroxylamine groups is 2. The molecule has 23 heavy (non-hydrogen) atoms. The number of imide groups is 1. The van der Waals surface area contributed by atoms with Crippen LogP contribution in [-0.2, 0) is 16.0 Å². The van der Waals surface area contributed by atoms with Gasteiger partial charge in [-0.25, -0.2) is 9.86 Å². The van der Waals surface area contributed by atoms with Gasteiger partial charge >= 0.3 is 6.03 Å². The molecule has 0 radical (unpaired) electrons. The van der Waals surface area contributed by atoms with Crippen molar-refractivity contribution in [2.45, 2.75) is 44.2 Å². The highest BCUT2D eigenvalue weighted by atomic mass is 16.5. The molecule has 0 aromatic heterocycles. The van der Waals surface area contributed by atoms with Crippen LogP contribution in [0.3, 0.4) is 0 Å². The minimum absolute atomic E-state index is 0.244. The summed E-state index contributed by atoms with van der Waals surface area (Å²) in [5.74, 6) is -0.516. The summed E-state index contributed by atoms with van der Waals surface area (Å²) in [7, 11) is 0. The third-order valence-corrected chi connectivity index (χ3v) is 4.16. The Hall–Kier alpha value is -2.41. The van der Waals surface area contributed by atoms with Gasteiger partial charge in [0.05, 0.1) is 6.04 Å². The summed E-state index contributed by atoms with van der Waals surface area (Å²) < 4.78 is 0. The van der Waals surface area contributed by atoms with E-state index in [-0.39, 0.29) is 12.8 Å². The highest BCUT2D eigenvalue weighted by Crippen LogP contribution is 2.28. The molecule has 1 aliphatic rings. The fourth-order valence-electron chi connectivity index (χ4n) is 2.94. The van der Waals surface area contributed by atoms with Crippen molar-refractivity contribution in [2.75, 3.05) is 0 Å². The van der Waals surface area contributed by atoms with E-state index in [0.29, 0.717) is 17.9 Å². The molecule has 1 fully saturated rings. The van der Waals surface area contributed by atoms with Crippen LogP contribution < -0.4 is 10.6 Å². The number of nitrogens with one attached hydrogen (secondary N) is 2. The van der Waals surface area contributed by atoms with Crippen LogP contribution in [0.4, 0.5) is 4.79 Å². The van der Waals surface area contributed by atoms with E-state index in [1.54, 1.807) is 0 Å². The first kappa shape index (κ1) is 17.0. The van der Waals surface area contributed by atoms with Crippen LogP contribution in [-0.4, -0.2) is 40.2 Å². The molecule has 0 aliphatic carbocycles. The van der Waals surface area contributed by atoms with Gasteiger partial charge in [-0.15, -0.1) is 0 Å². The third-order valence-electron chi connectivity index (χ3n) is 4.16. The predicted octanol–water partition coefficient (Wildman–Crippen LogP) is 1.21. The number of urea groups is 1. The highest BCUT2D eigenvalue weighted by molar-refractivity contribution is 6.07. The maximum absolute atomic E-state index is 12.4. The lowest BCUT2D eigenvalue weighted by molar-refractivity contribution is -0.170. The van der Waals surface area contributed by atoms with E-state index < -0.39 is 23.5 Å². The standard InChI is InChI=1S/C16H21N3O4/c1-2-3-9-16(14(21)17-15(22)18-16)13(19(23)11-20)10-12-7-5-4-6-8-12/h4-8,11,13,23H,2-3,9-10H2,1H3,(H2,17,18,21,22). The molecule has 4 amide bonds. The monoisotopic (exact) mass is 319 g/mol. The molecular formula is C16H21N3O4. The summed E-state index contributed by atoms with van der Waals surface area (Å²) >= 11 is 0. The topological polar surface area (TPSA) is 98.7 Å². The number of carbonyl (C=O) groups excluding carboxylic acids is 3. The molecule has 0 spiro atoms. The quantitative estimate of drug-likeness (QED) is 0.290. The SMILES string of the molecule is CCCCC1(C(Cc2ccccc2)N(O)C=O)NC(=O)NC1=O. The molecule has 7 heteroatoms. The zero-order valence-electron chi connectivity index (χ0n) is 13.0. The maximum Gasteiger partial charge on any atom is 0.322 e.